The maximum atomic E-state index is 12.8. The Labute approximate surface area is 187 Å². The molecule has 32 heavy (non-hydrogen) atoms. The number of aryl methyl sites for hydroxylation is 1. The SMILES string of the molecule is Cc1ccccc1-n1nc(-c2c(-c3ccccc3)nn3c2CN(C(C)C)CC3)ccc1=O. The van der Waals surface area contributed by atoms with Crippen molar-refractivity contribution in [2.45, 2.75) is 39.9 Å². The molecule has 0 spiro atoms. The Balaban J connectivity index is 1.73. The first-order chi connectivity index (χ1) is 15.5. The molecule has 4 aromatic rings. The topological polar surface area (TPSA) is 56.0 Å². The molecule has 0 atom stereocenters. The molecular weight excluding hydrogens is 398 g/mol. The molecule has 1 aliphatic heterocycles. The Hall–Kier alpha value is -3.51. The third kappa shape index (κ3) is 3.56. The minimum absolute atomic E-state index is 0.144. The van der Waals surface area contributed by atoms with E-state index >= 15 is 0 Å². The van der Waals surface area contributed by atoms with Crippen molar-refractivity contribution in [3.05, 3.63) is 88.3 Å². The third-order valence-corrected chi connectivity index (χ3v) is 6.19. The van der Waals surface area contributed by atoms with Crippen LogP contribution in [0.25, 0.3) is 28.2 Å². The molecule has 1 aliphatic rings. The van der Waals surface area contributed by atoms with Crippen LogP contribution in [0.3, 0.4) is 0 Å². The molecule has 2 aromatic carbocycles. The lowest BCUT2D eigenvalue weighted by Crippen LogP contribution is -2.38. The molecule has 0 unspecified atom stereocenters. The summed E-state index contributed by atoms with van der Waals surface area (Å²) in [5, 5.41) is 9.84. The highest BCUT2D eigenvalue weighted by Crippen LogP contribution is 2.35. The fourth-order valence-corrected chi connectivity index (χ4v) is 4.36. The number of hydrogen-bond acceptors (Lipinski definition) is 4. The zero-order valence-electron chi connectivity index (χ0n) is 18.7. The summed E-state index contributed by atoms with van der Waals surface area (Å²) in [7, 11) is 0. The summed E-state index contributed by atoms with van der Waals surface area (Å²) in [4.78, 5) is 15.2. The van der Waals surface area contributed by atoms with Gasteiger partial charge in [0.05, 0.1) is 29.2 Å². The van der Waals surface area contributed by atoms with Crippen molar-refractivity contribution < 1.29 is 0 Å². The smallest absolute Gasteiger partial charge is 0.271 e. The lowest BCUT2D eigenvalue weighted by molar-refractivity contribution is 0.171. The van der Waals surface area contributed by atoms with E-state index in [0.29, 0.717) is 6.04 Å². The van der Waals surface area contributed by atoms with E-state index in [2.05, 4.69) is 35.6 Å². The highest BCUT2D eigenvalue weighted by molar-refractivity contribution is 5.81. The molecule has 0 saturated heterocycles. The molecule has 0 bridgehead atoms. The van der Waals surface area contributed by atoms with Gasteiger partial charge in [0.1, 0.15) is 5.69 Å². The van der Waals surface area contributed by atoms with E-state index in [0.717, 1.165) is 59.1 Å². The van der Waals surface area contributed by atoms with Gasteiger partial charge < -0.3 is 0 Å². The molecule has 3 heterocycles. The lowest BCUT2D eigenvalue weighted by atomic mass is 10.0. The number of nitrogens with zero attached hydrogens (tertiary/aromatic N) is 5. The van der Waals surface area contributed by atoms with Crippen molar-refractivity contribution in [1.29, 1.82) is 0 Å². The molecule has 0 amide bonds. The Morgan fingerprint density at radius 2 is 1.62 bits per heavy atom. The highest BCUT2D eigenvalue weighted by atomic mass is 16.1. The van der Waals surface area contributed by atoms with Gasteiger partial charge in [-0.25, -0.2) is 0 Å². The standard InChI is InChI=1S/C26H27N5O/c1-18(2)29-15-16-30-23(17-29)25(26(28-30)20-10-5-4-6-11-20)21-13-14-24(32)31(27-21)22-12-8-7-9-19(22)3/h4-14,18H,15-17H2,1-3H3. The zero-order valence-corrected chi connectivity index (χ0v) is 18.7. The van der Waals surface area contributed by atoms with Crippen molar-refractivity contribution in [3.63, 3.8) is 0 Å². The summed E-state index contributed by atoms with van der Waals surface area (Å²) in [6.45, 7) is 9.05. The van der Waals surface area contributed by atoms with E-state index in [4.69, 9.17) is 10.2 Å². The van der Waals surface area contributed by atoms with Gasteiger partial charge in [0, 0.05) is 30.8 Å². The van der Waals surface area contributed by atoms with Gasteiger partial charge in [0.2, 0.25) is 0 Å². The van der Waals surface area contributed by atoms with Gasteiger partial charge in [-0.05, 0) is 38.5 Å². The van der Waals surface area contributed by atoms with Crippen LogP contribution >= 0.6 is 0 Å². The molecule has 162 valence electrons. The minimum Gasteiger partial charge on any atom is -0.293 e. The molecule has 0 fully saturated rings. The van der Waals surface area contributed by atoms with E-state index < -0.39 is 0 Å². The molecule has 6 heteroatoms. The van der Waals surface area contributed by atoms with Crippen LogP contribution in [0.15, 0.2) is 71.5 Å². The number of aromatic nitrogens is 4. The van der Waals surface area contributed by atoms with Crippen molar-refractivity contribution >= 4 is 0 Å². The van der Waals surface area contributed by atoms with Gasteiger partial charge >= 0.3 is 0 Å². The molecule has 0 radical (unpaired) electrons. The Morgan fingerprint density at radius 3 is 2.38 bits per heavy atom. The number of benzene rings is 2. The van der Waals surface area contributed by atoms with Gasteiger partial charge in [0.25, 0.3) is 5.56 Å². The number of rotatable bonds is 4. The summed E-state index contributed by atoms with van der Waals surface area (Å²) < 4.78 is 3.62. The number of fused-ring (bicyclic) bond motifs is 1. The first-order valence-electron chi connectivity index (χ1n) is 11.1. The van der Waals surface area contributed by atoms with Crippen LogP contribution in [0.5, 0.6) is 0 Å². The van der Waals surface area contributed by atoms with Gasteiger partial charge in [0.15, 0.2) is 0 Å². The van der Waals surface area contributed by atoms with Crippen molar-refractivity contribution in [3.8, 4) is 28.2 Å². The summed E-state index contributed by atoms with van der Waals surface area (Å²) in [5.74, 6) is 0. The Kier molecular flexibility index (Phi) is 5.23. The van der Waals surface area contributed by atoms with E-state index in [1.807, 2.05) is 55.5 Å². The molecular formula is C26H27N5O. The maximum absolute atomic E-state index is 12.8. The van der Waals surface area contributed by atoms with Crippen LogP contribution in [0, 0.1) is 6.92 Å². The molecule has 0 aliphatic carbocycles. The van der Waals surface area contributed by atoms with Crippen molar-refractivity contribution in [2.75, 3.05) is 6.54 Å². The van der Waals surface area contributed by atoms with Crippen LogP contribution in [0.4, 0.5) is 0 Å². The zero-order chi connectivity index (χ0) is 22.2. The second-order valence-corrected chi connectivity index (χ2v) is 8.58. The lowest BCUT2D eigenvalue weighted by Gasteiger charge is -2.31. The average molecular weight is 426 g/mol. The van der Waals surface area contributed by atoms with Crippen LogP contribution in [0.1, 0.15) is 25.1 Å². The second-order valence-electron chi connectivity index (χ2n) is 8.58. The van der Waals surface area contributed by atoms with Gasteiger partial charge in [-0.2, -0.15) is 14.9 Å². The first-order valence-corrected chi connectivity index (χ1v) is 11.1. The van der Waals surface area contributed by atoms with E-state index in [-0.39, 0.29) is 5.56 Å². The molecule has 0 N–H and O–H groups in total. The average Bonchev–Trinajstić information content (AvgIpc) is 3.19. The van der Waals surface area contributed by atoms with Crippen LogP contribution < -0.4 is 5.56 Å². The van der Waals surface area contributed by atoms with Crippen LogP contribution in [0.2, 0.25) is 0 Å². The van der Waals surface area contributed by atoms with E-state index in [1.165, 1.54) is 4.68 Å². The summed E-state index contributed by atoms with van der Waals surface area (Å²) in [6.07, 6.45) is 0. The Morgan fingerprint density at radius 1 is 0.875 bits per heavy atom. The van der Waals surface area contributed by atoms with Crippen molar-refractivity contribution in [1.82, 2.24) is 24.5 Å². The normalized spacial score (nSPS) is 14.0. The molecule has 5 rings (SSSR count). The number of hydrogen-bond donors (Lipinski definition) is 0. The minimum atomic E-state index is -0.144. The third-order valence-electron chi connectivity index (χ3n) is 6.19. The fourth-order valence-electron chi connectivity index (χ4n) is 4.36. The predicted molar refractivity (Wildman–Crippen MR) is 127 cm³/mol. The summed E-state index contributed by atoms with van der Waals surface area (Å²) in [5.41, 5.74) is 6.53. The van der Waals surface area contributed by atoms with Crippen molar-refractivity contribution in [2.24, 2.45) is 0 Å². The summed E-state index contributed by atoms with van der Waals surface area (Å²) in [6, 6.07) is 21.9. The van der Waals surface area contributed by atoms with Gasteiger partial charge in [-0.3, -0.25) is 14.4 Å². The molecule has 6 nitrogen and oxygen atoms in total. The number of para-hydroxylation sites is 1. The van der Waals surface area contributed by atoms with E-state index in [1.54, 1.807) is 6.07 Å². The Bertz CT molecular complexity index is 1320. The van der Waals surface area contributed by atoms with E-state index in [9.17, 15) is 4.79 Å². The highest BCUT2D eigenvalue weighted by Gasteiger charge is 2.28. The van der Waals surface area contributed by atoms with Crippen LogP contribution in [-0.2, 0) is 13.1 Å². The molecule has 2 aromatic heterocycles. The molecule has 0 saturated carbocycles. The first kappa shape index (κ1) is 20.4. The maximum Gasteiger partial charge on any atom is 0.271 e. The fraction of sp³-hybridized carbons (Fsp3) is 0.269. The predicted octanol–water partition coefficient (Wildman–Crippen LogP) is 4.30. The second kappa shape index (κ2) is 8.20. The van der Waals surface area contributed by atoms with Gasteiger partial charge in [-0.1, -0.05) is 48.5 Å². The van der Waals surface area contributed by atoms with Gasteiger partial charge in [-0.15, -0.1) is 0 Å². The quantitative estimate of drug-likeness (QED) is 0.489. The largest absolute Gasteiger partial charge is 0.293 e. The van der Waals surface area contributed by atoms with Crippen LogP contribution in [-0.4, -0.2) is 37.0 Å². The summed E-state index contributed by atoms with van der Waals surface area (Å²) >= 11 is 0. The monoisotopic (exact) mass is 425 g/mol.